The molecule has 11 heteroatoms. The Labute approximate surface area is 167 Å². The van der Waals surface area contributed by atoms with Crippen LogP contribution in [0.15, 0.2) is 41.6 Å². The Hall–Kier alpha value is -3.34. The van der Waals surface area contributed by atoms with Crippen LogP contribution in [0.25, 0.3) is 0 Å². The molecule has 0 bridgehead atoms. The van der Waals surface area contributed by atoms with Crippen LogP contribution in [0.5, 0.6) is 5.75 Å². The summed E-state index contributed by atoms with van der Waals surface area (Å²) in [6.45, 7) is 4.25. The summed E-state index contributed by atoms with van der Waals surface area (Å²) in [6, 6.07) is 5.24. The topological polar surface area (TPSA) is 158 Å². The van der Waals surface area contributed by atoms with Gasteiger partial charge in [-0.25, -0.2) is 18.0 Å². The fourth-order valence-corrected chi connectivity index (χ4v) is 3.24. The van der Waals surface area contributed by atoms with Gasteiger partial charge in [-0.1, -0.05) is 0 Å². The monoisotopic (exact) mass is 423 g/mol. The van der Waals surface area contributed by atoms with Gasteiger partial charge in [0.2, 0.25) is 0 Å². The summed E-state index contributed by atoms with van der Waals surface area (Å²) in [5.41, 5.74) is 4.44. The van der Waals surface area contributed by atoms with E-state index >= 15 is 0 Å². The molecule has 0 aliphatic rings. The average Bonchev–Trinajstić information content (AvgIpc) is 2.61. The second kappa shape index (κ2) is 8.35. The van der Waals surface area contributed by atoms with E-state index in [0.29, 0.717) is 0 Å². The van der Waals surface area contributed by atoms with Gasteiger partial charge >= 0.3 is 11.9 Å². The average molecular weight is 423 g/mol. The lowest BCUT2D eigenvalue weighted by Gasteiger charge is -2.22. The highest BCUT2D eigenvalue weighted by atomic mass is 32.2. The van der Waals surface area contributed by atoms with E-state index in [2.05, 4.69) is 9.71 Å². The Morgan fingerprint density at radius 1 is 1.24 bits per heavy atom. The van der Waals surface area contributed by atoms with E-state index in [9.17, 15) is 18.0 Å². The smallest absolute Gasteiger partial charge is 0.341 e. The maximum atomic E-state index is 12.7. The molecule has 2 rings (SSSR count). The number of pyridine rings is 1. The van der Waals surface area contributed by atoms with Crippen molar-refractivity contribution in [2.75, 3.05) is 17.1 Å². The number of hydrogen-bond donors (Lipinski definition) is 3. The van der Waals surface area contributed by atoms with E-state index in [1.54, 1.807) is 20.8 Å². The first-order valence-corrected chi connectivity index (χ1v) is 9.82. The Morgan fingerprint density at radius 3 is 2.48 bits per heavy atom. The van der Waals surface area contributed by atoms with E-state index < -0.39 is 34.2 Å². The van der Waals surface area contributed by atoms with Crippen molar-refractivity contribution in [2.45, 2.75) is 31.3 Å². The summed E-state index contributed by atoms with van der Waals surface area (Å²) in [7, 11) is -4.16. The van der Waals surface area contributed by atoms with Crippen LogP contribution in [0.4, 0.5) is 11.4 Å². The molecule has 1 aromatic carbocycles. The molecule has 0 aliphatic carbocycles. The maximum Gasteiger partial charge on any atom is 0.341 e. The fourth-order valence-electron chi connectivity index (χ4n) is 2.18. The van der Waals surface area contributed by atoms with Gasteiger partial charge in [0.05, 0.1) is 16.9 Å². The lowest BCUT2D eigenvalue weighted by Crippen LogP contribution is -2.25. The molecule has 0 radical (unpaired) electrons. The predicted molar refractivity (Wildman–Crippen MR) is 104 cm³/mol. The van der Waals surface area contributed by atoms with E-state index in [-0.39, 0.29) is 27.6 Å². The minimum atomic E-state index is -4.16. The number of benzene rings is 1. The molecule has 1 heterocycles. The number of rotatable bonds is 7. The largest absolute Gasteiger partial charge is 0.480 e. The lowest BCUT2D eigenvalue weighted by atomic mass is 10.1. The number of anilines is 2. The Bertz CT molecular complexity index is 1020. The van der Waals surface area contributed by atoms with Crippen molar-refractivity contribution in [3.05, 3.63) is 42.2 Å². The number of carboxylic acid groups (broad SMARTS) is 1. The zero-order chi connectivity index (χ0) is 21.8. The highest BCUT2D eigenvalue weighted by Crippen LogP contribution is 2.35. The van der Waals surface area contributed by atoms with Crippen LogP contribution < -0.4 is 15.2 Å². The Morgan fingerprint density at radius 2 is 1.93 bits per heavy atom. The summed E-state index contributed by atoms with van der Waals surface area (Å²) in [5, 5.41) is 8.78. The van der Waals surface area contributed by atoms with Gasteiger partial charge in [0.1, 0.15) is 16.2 Å². The normalized spacial score (nSPS) is 11.6. The number of ether oxygens (including phenoxy) is 2. The highest BCUT2D eigenvalue weighted by molar-refractivity contribution is 7.92. The van der Waals surface area contributed by atoms with Crippen molar-refractivity contribution in [3.8, 4) is 5.75 Å². The molecule has 4 N–H and O–H groups in total. The number of nitrogens with one attached hydrogen (secondary N) is 1. The van der Waals surface area contributed by atoms with Crippen LogP contribution in [-0.2, 0) is 19.6 Å². The SMILES string of the molecule is CC(C)(C)OC(=O)c1ccc(OCC(=O)O)c(N)c1NS(=O)(=O)c1cccnc1. The first kappa shape index (κ1) is 22.0. The Balaban J connectivity index is 2.53. The standard InChI is InChI=1S/C18H21N3O7S/c1-18(2,3)28-17(24)12-6-7-13(27-10-14(22)23)15(19)16(12)21-29(25,26)11-5-4-8-20-9-11/h4-9,21H,10,19H2,1-3H3,(H,22,23). The van der Waals surface area contributed by atoms with Gasteiger partial charge in [0.25, 0.3) is 10.0 Å². The van der Waals surface area contributed by atoms with Crippen LogP contribution in [0.3, 0.4) is 0 Å². The summed E-state index contributed by atoms with van der Waals surface area (Å²) >= 11 is 0. The molecule has 0 aliphatic heterocycles. The molecule has 10 nitrogen and oxygen atoms in total. The summed E-state index contributed by atoms with van der Waals surface area (Å²) < 4.78 is 38.0. The van der Waals surface area contributed by atoms with Crippen molar-refractivity contribution in [1.29, 1.82) is 0 Å². The van der Waals surface area contributed by atoms with E-state index in [4.69, 9.17) is 20.3 Å². The van der Waals surface area contributed by atoms with E-state index in [1.807, 2.05) is 0 Å². The third kappa shape index (κ3) is 5.82. The van der Waals surface area contributed by atoms with Crippen molar-refractivity contribution >= 4 is 33.3 Å². The fraction of sp³-hybridized carbons (Fsp3) is 0.278. The van der Waals surface area contributed by atoms with Crippen LogP contribution in [0.2, 0.25) is 0 Å². The quantitative estimate of drug-likeness (QED) is 0.446. The number of carbonyl (C=O) groups is 2. The van der Waals surface area contributed by atoms with Gasteiger partial charge < -0.3 is 20.3 Å². The number of hydrogen-bond acceptors (Lipinski definition) is 8. The molecule has 1 aromatic heterocycles. The molecule has 0 fully saturated rings. The molecular formula is C18H21N3O7S. The van der Waals surface area contributed by atoms with Gasteiger partial charge in [0, 0.05) is 12.4 Å². The lowest BCUT2D eigenvalue weighted by molar-refractivity contribution is -0.139. The van der Waals surface area contributed by atoms with Crippen LogP contribution in [-0.4, -0.2) is 42.7 Å². The van der Waals surface area contributed by atoms with Gasteiger partial charge in [-0.05, 0) is 45.0 Å². The number of aromatic nitrogens is 1. The molecule has 0 spiro atoms. The molecule has 0 amide bonds. The van der Waals surface area contributed by atoms with Crippen molar-refractivity contribution in [2.24, 2.45) is 0 Å². The number of carbonyl (C=O) groups excluding carboxylic acids is 1. The number of esters is 1. The van der Waals surface area contributed by atoms with Crippen molar-refractivity contribution in [3.63, 3.8) is 0 Å². The Kier molecular flexibility index (Phi) is 6.32. The molecule has 0 saturated carbocycles. The molecule has 29 heavy (non-hydrogen) atoms. The van der Waals surface area contributed by atoms with Gasteiger partial charge in [-0.3, -0.25) is 9.71 Å². The first-order chi connectivity index (χ1) is 13.4. The number of nitrogen functional groups attached to an aromatic ring is 1. The minimum absolute atomic E-state index is 0.108. The summed E-state index contributed by atoms with van der Waals surface area (Å²) in [4.78, 5) is 26.9. The van der Waals surface area contributed by atoms with Gasteiger partial charge in [-0.2, -0.15) is 0 Å². The summed E-state index contributed by atoms with van der Waals surface area (Å²) in [5.74, 6) is -2.18. The molecule has 0 atom stereocenters. The molecule has 2 aromatic rings. The zero-order valence-electron chi connectivity index (χ0n) is 16.0. The molecule has 0 unspecified atom stereocenters. The number of carboxylic acids is 1. The van der Waals surface area contributed by atoms with Crippen LogP contribution in [0.1, 0.15) is 31.1 Å². The highest BCUT2D eigenvalue weighted by Gasteiger charge is 2.26. The molecular weight excluding hydrogens is 402 g/mol. The number of nitrogens with two attached hydrogens (primary N) is 1. The minimum Gasteiger partial charge on any atom is -0.480 e. The maximum absolute atomic E-state index is 12.7. The van der Waals surface area contributed by atoms with Crippen LogP contribution >= 0.6 is 0 Å². The third-order valence-electron chi connectivity index (χ3n) is 3.36. The van der Waals surface area contributed by atoms with E-state index in [1.165, 1.54) is 30.5 Å². The zero-order valence-corrected chi connectivity index (χ0v) is 16.8. The third-order valence-corrected chi connectivity index (χ3v) is 4.69. The molecule has 0 saturated heterocycles. The summed E-state index contributed by atoms with van der Waals surface area (Å²) in [6.07, 6.45) is 2.52. The van der Waals surface area contributed by atoms with Gasteiger partial charge in [-0.15, -0.1) is 0 Å². The second-order valence-electron chi connectivity index (χ2n) is 6.88. The number of sulfonamides is 1. The van der Waals surface area contributed by atoms with Crippen molar-refractivity contribution in [1.82, 2.24) is 4.98 Å². The van der Waals surface area contributed by atoms with Crippen LogP contribution in [0, 0.1) is 0 Å². The number of nitrogens with zero attached hydrogens (tertiary/aromatic N) is 1. The first-order valence-electron chi connectivity index (χ1n) is 8.34. The number of aliphatic carboxylic acids is 1. The predicted octanol–water partition coefficient (Wildman–Crippen LogP) is 1.88. The molecule has 156 valence electrons. The van der Waals surface area contributed by atoms with E-state index in [0.717, 1.165) is 6.20 Å². The van der Waals surface area contributed by atoms with Crippen molar-refractivity contribution < 1.29 is 32.6 Å². The second-order valence-corrected chi connectivity index (χ2v) is 8.56. The van der Waals surface area contributed by atoms with Gasteiger partial charge in [0.15, 0.2) is 6.61 Å².